The molecular formula is C19H23NO. The van der Waals surface area contributed by atoms with Gasteiger partial charge in [0.1, 0.15) is 0 Å². The zero-order valence-corrected chi connectivity index (χ0v) is 12.6. The fourth-order valence-electron chi connectivity index (χ4n) is 3.34. The van der Waals surface area contributed by atoms with Gasteiger partial charge < -0.3 is 5.32 Å². The summed E-state index contributed by atoms with van der Waals surface area (Å²) in [6.07, 6.45) is 5.73. The normalized spacial score (nSPS) is 22.1. The van der Waals surface area contributed by atoms with Crippen molar-refractivity contribution in [2.45, 2.75) is 39.0 Å². The van der Waals surface area contributed by atoms with Crippen LogP contribution in [-0.4, -0.2) is 5.91 Å². The molecule has 0 aromatic heterocycles. The van der Waals surface area contributed by atoms with Gasteiger partial charge in [0.25, 0.3) is 0 Å². The number of anilines is 1. The lowest BCUT2D eigenvalue weighted by Gasteiger charge is -2.26. The minimum absolute atomic E-state index is 0.194. The van der Waals surface area contributed by atoms with Crippen molar-refractivity contribution in [3.05, 3.63) is 42.5 Å². The van der Waals surface area contributed by atoms with Crippen molar-refractivity contribution >= 4 is 22.4 Å². The Morgan fingerprint density at radius 2 is 1.76 bits per heavy atom. The second kappa shape index (κ2) is 6.30. The van der Waals surface area contributed by atoms with Crippen LogP contribution in [0.4, 0.5) is 5.69 Å². The zero-order valence-electron chi connectivity index (χ0n) is 12.6. The van der Waals surface area contributed by atoms with E-state index < -0.39 is 0 Å². The Morgan fingerprint density at radius 3 is 2.48 bits per heavy atom. The van der Waals surface area contributed by atoms with Gasteiger partial charge in [-0.2, -0.15) is 0 Å². The molecule has 0 atom stereocenters. The summed E-state index contributed by atoms with van der Waals surface area (Å²) in [6, 6.07) is 14.4. The highest BCUT2D eigenvalue weighted by atomic mass is 16.1. The number of nitrogens with one attached hydrogen (secondary N) is 1. The largest absolute Gasteiger partial charge is 0.326 e. The summed E-state index contributed by atoms with van der Waals surface area (Å²) in [5.41, 5.74) is 0.913. The molecule has 2 aromatic rings. The molecule has 1 aliphatic carbocycles. The highest BCUT2D eigenvalue weighted by molar-refractivity contribution is 5.95. The minimum Gasteiger partial charge on any atom is -0.326 e. The Morgan fingerprint density at radius 1 is 1.05 bits per heavy atom. The van der Waals surface area contributed by atoms with Crippen LogP contribution < -0.4 is 5.32 Å². The Balaban J connectivity index is 1.66. The monoisotopic (exact) mass is 281 g/mol. The number of rotatable bonds is 3. The van der Waals surface area contributed by atoms with Crippen molar-refractivity contribution in [2.75, 3.05) is 5.32 Å². The molecule has 1 aliphatic rings. The van der Waals surface area contributed by atoms with E-state index in [0.29, 0.717) is 0 Å². The maximum absolute atomic E-state index is 12.4. The van der Waals surface area contributed by atoms with E-state index in [2.05, 4.69) is 36.5 Å². The van der Waals surface area contributed by atoms with Gasteiger partial charge in [-0.15, -0.1) is 0 Å². The summed E-state index contributed by atoms with van der Waals surface area (Å²) >= 11 is 0. The second-order valence-corrected chi connectivity index (χ2v) is 6.18. The summed E-state index contributed by atoms with van der Waals surface area (Å²) in [7, 11) is 0. The lowest BCUT2D eigenvalue weighted by molar-refractivity contribution is -0.121. The number of fused-ring (bicyclic) bond motifs is 1. The second-order valence-electron chi connectivity index (χ2n) is 6.18. The molecular weight excluding hydrogens is 258 g/mol. The van der Waals surface area contributed by atoms with Gasteiger partial charge in [0, 0.05) is 11.6 Å². The minimum atomic E-state index is 0.194. The summed E-state index contributed by atoms with van der Waals surface area (Å²) < 4.78 is 0. The molecule has 2 heteroatoms. The van der Waals surface area contributed by atoms with Gasteiger partial charge in [0.15, 0.2) is 0 Å². The molecule has 0 spiro atoms. The Bertz CT molecular complexity index is 626. The Hall–Kier alpha value is -1.83. The van der Waals surface area contributed by atoms with Gasteiger partial charge >= 0.3 is 0 Å². The van der Waals surface area contributed by atoms with Crippen molar-refractivity contribution in [1.29, 1.82) is 0 Å². The average Bonchev–Trinajstić information content (AvgIpc) is 2.55. The van der Waals surface area contributed by atoms with E-state index in [1.54, 1.807) is 0 Å². The van der Waals surface area contributed by atoms with E-state index >= 15 is 0 Å². The van der Waals surface area contributed by atoms with Gasteiger partial charge in [-0.25, -0.2) is 0 Å². The van der Waals surface area contributed by atoms with Gasteiger partial charge in [0.05, 0.1) is 0 Å². The number of hydrogen-bond acceptors (Lipinski definition) is 1. The smallest absolute Gasteiger partial charge is 0.227 e. The highest BCUT2D eigenvalue weighted by Crippen LogP contribution is 2.31. The van der Waals surface area contributed by atoms with Gasteiger partial charge in [0.2, 0.25) is 5.91 Å². The molecule has 0 aliphatic heterocycles. The van der Waals surface area contributed by atoms with Crippen LogP contribution in [0.2, 0.25) is 0 Å². The third-order valence-electron chi connectivity index (χ3n) is 4.81. The third kappa shape index (κ3) is 3.26. The fourth-order valence-corrected chi connectivity index (χ4v) is 3.34. The standard InChI is InChI=1S/C19H23NO/c1-2-14-7-9-16(10-8-14)19(21)20-18-12-11-15-5-3-4-6-17(15)13-18/h3-6,11-14,16H,2,7-10H2,1H3,(H,20,21). The van der Waals surface area contributed by atoms with E-state index in [-0.39, 0.29) is 11.8 Å². The summed E-state index contributed by atoms with van der Waals surface area (Å²) in [5.74, 6) is 1.22. The first-order valence-corrected chi connectivity index (χ1v) is 8.06. The average molecular weight is 281 g/mol. The summed E-state index contributed by atoms with van der Waals surface area (Å²) in [5, 5.41) is 5.48. The first-order chi connectivity index (χ1) is 10.3. The number of carbonyl (C=O) groups excluding carboxylic acids is 1. The van der Waals surface area contributed by atoms with Crippen LogP contribution >= 0.6 is 0 Å². The molecule has 1 fully saturated rings. The van der Waals surface area contributed by atoms with E-state index in [1.807, 2.05) is 18.2 Å². The van der Waals surface area contributed by atoms with E-state index in [0.717, 1.165) is 24.4 Å². The van der Waals surface area contributed by atoms with Crippen LogP contribution in [0.25, 0.3) is 10.8 Å². The molecule has 21 heavy (non-hydrogen) atoms. The van der Waals surface area contributed by atoms with Crippen molar-refractivity contribution in [3.63, 3.8) is 0 Å². The van der Waals surface area contributed by atoms with Crippen LogP contribution in [0.15, 0.2) is 42.5 Å². The molecule has 2 aromatic carbocycles. The van der Waals surface area contributed by atoms with E-state index in [9.17, 15) is 4.79 Å². The van der Waals surface area contributed by atoms with Crippen molar-refractivity contribution in [1.82, 2.24) is 0 Å². The maximum Gasteiger partial charge on any atom is 0.227 e. The molecule has 0 saturated heterocycles. The topological polar surface area (TPSA) is 29.1 Å². The molecule has 1 N–H and O–H groups in total. The number of carbonyl (C=O) groups is 1. The van der Waals surface area contributed by atoms with Crippen molar-refractivity contribution < 1.29 is 4.79 Å². The van der Waals surface area contributed by atoms with Crippen LogP contribution in [-0.2, 0) is 4.79 Å². The van der Waals surface area contributed by atoms with Crippen LogP contribution in [0.5, 0.6) is 0 Å². The highest BCUT2D eigenvalue weighted by Gasteiger charge is 2.25. The fraction of sp³-hybridized carbons (Fsp3) is 0.421. The first kappa shape index (κ1) is 14.1. The van der Waals surface area contributed by atoms with Crippen molar-refractivity contribution in [2.24, 2.45) is 11.8 Å². The Kier molecular flexibility index (Phi) is 4.23. The number of benzene rings is 2. The molecule has 110 valence electrons. The maximum atomic E-state index is 12.4. The lowest BCUT2D eigenvalue weighted by atomic mass is 9.80. The van der Waals surface area contributed by atoms with Crippen LogP contribution in [0.3, 0.4) is 0 Å². The van der Waals surface area contributed by atoms with Crippen molar-refractivity contribution in [3.8, 4) is 0 Å². The van der Waals surface area contributed by atoms with Gasteiger partial charge in [-0.1, -0.05) is 43.7 Å². The predicted molar refractivity (Wildman–Crippen MR) is 88.3 cm³/mol. The van der Waals surface area contributed by atoms with E-state index in [4.69, 9.17) is 0 Å². The van der Waals surface area contributed by atoms with E-state index in [1.165, 1.54) is 30.0 Å². The Labute approximate surface area is 126 Å². The number of amides is 1. The van der Waals surface area contributed by atoms with Gasteiger partial charge in [-0.05, 0) is 54.5 Å². The van der Waals surface area contributed by atoms with Crippen LogP contribution in [0, 0.1) is 11.8 Å². The third-order valence-corrected chi connectivity index (χ3v) is 4.81. The molecule has 2 nitrogen and oxygen atoms in total. The predicted octanol–water partition coefficient (Wildman–Crippen LogP) is 4.99. The van der Waals surface area contributed by atoms with Crippen LogP contribution in [0.1, 0.15) is 39.0 Å². The zero-order chi connectivity index (χ0) is 14.7. The summed E-state index contributed by atoms with van der Waals surface area (Å²) in [4.78, 5) is 12.4. The number of hydrogen-bond donors (Lipinski definition) is 1. The van der Waals surface area contributed by atoms with Gasteiger partial charge in [-0.3, -0.25) is 4.79 Å². The molecule has 3 rings (SSSR count). The molecule has 0 bridgehead atoms. The molecule has 1 saturated carbocycles. The molecule has 0 heterocycles. The SMILES string of the molecule is CCC1CCC(C(=O)Nc2ccc3ccccc3c2)CC1. The first-order valence-electron chi connectivity index (χ1n) is 8.06. The molecule has 0 radical (unpaired) electrons. The lowest BCUT2D eigenvalue weighted by Crippen LogP contribution is -2.27. The quantitative estimate of drug-likeness (QED) is 0.843. The molecule has 1 amide bonds. The molecule has 0 unspecified atom stereocenters. The summed E-state index contributed by atoms with van der Waals surface area (Å²) in [6.45, 7) is 2.25.